The lowest BCUT2D eigenvalue weighted by atomic mass is 9.83. The Balaban J connectivity index is 1.52. The van der Waals surface area contributed by atoms with Gasteiger partial charge in [0.25, 0.3) is 5.69 Å². The third kappa shape index (κ3) is 3.87. The molecule has 1 heterocycles. The van der Waals surface area contributed by atoms with Crippen LogP contribution in [0.5, 0.6) is 0 Å². The largest absolute Gasteiger partial charge is 0.369 e. The number of ketones is 1. The molecule has 9 heteroatoms. The second-order valence-corrected chi connectivity index (χ2v) is 5.90. The summed E-state index contributed by atoms with van der Waals surface area (Å²) in [6.07, 6.45) is 2.74. The van der Waals surface area contributed by atoms with Crippen molar-refractivity contribution in [2.75, 3.05) is 18.4 Å². The molecule has 9 nitrogen and oxygen atoms in total. The maximum atomic E-state index is 11.7. The Morgan fingerprint density at radius 1 is 1.28 bits per heavy atom. The van der Waals surface area contributed by atoms with Crippen molar-refractivity contribution >= 4 is 34.1 Å². The molecule has 25 heavy (non-hydrogen) atoms. The summed E-state index contributed by atoms with van der Waals surface area (Å²) in [4.78, 5) is 41.3. The molecule has 1 aromatic carbocycles. The Morgan fingerprint density at radius 3 is 2.80 bits per heavy atom. The number of benzene rings is 1. The maximum Gasteiger partial charge on any atom is 0.270 e. The van der Waals surface area contributed by atoms with Gasteiger partial charge in [0.15, 0.2) is 0 Å². The third-order valence-electron chi connectivity index (χ3n) is 4.09. The summed E-state index contributed by atoms with van der Waals surface area (Å²) < 4.78 is 0. The van der Waals surface area contributed by atoms with Crippen LogP contribution in [-0.4, -0.2) is 39.7 Å². The number of Topliss-reactive ketones (excluding diaryl/α,β-unsaturated/α-hetero) is 1. The zero-order valence-electron chi connectivity index (χ0n) is 13.4. The Kier molecular flexibility index (Phi) is 4.82. The van der Waals surface area contributed by atoms with Gasteiger partial charge in [0.05, 0.1) is 16.4 Å². The number of carbonyl (C=O) groups excluding carboxylic acids is 2. The summed E-state index contributed by atoms with van der Waals surface area (Å²) in [7, 11) is 0. The van der Waals surface area contributed by atoms with E-state index in [0.717, 1.165) is 0 Å². The topological polar surface area (TPSA) is 127 Å². The van der Waals surface area contributed by atoms with E-state index in [2.05, 4.69) is 20.6 Å². The van der Waals surface area contributed by atoms with Crippen LogP contribution in [0.25, 0.3) is 10.9 Å². The lowest BCUT2D eigenvalue weighted by molar-refractivity contribution is -0.384. The van der Waals surface area contributed by atoms with Crippen LogP contribution in [0.4, 0.5) is 11.5 Å². The van der Waals surface area contributed by atoms with Gasteiger partial charge in [0, 0.05) is 43.5 Å². The molecule has 0 aliphatic heterocycles. The summed E-state index contributed by atoms with van der Waals surface area (Å²) in [6.45, 7) is 1.03. The third-order valence-corrected chi connectivity index (χ3v) is 4.09. The number of nitro benzene ring substituents is 1. The van der Waals surface area contributed by atoms with Crippen LogP contribution < -0.4 is 10.6 Å². The molecule has 1 saturated carbocycles. The van der Waals surface area contributed by atoms with Crippen LogP contribution in [0, 0.1) is 16.0 Å². The number of rotatable bonds is 7. The van der Waals surface area contributed by atoms with Crippen LogP contribution in [-0.2, 0) is 9.59 Å². The summed E-state index contributed by atoms with van der Waals surface area (Å²) in [5.41, 5.74) is 0.596. The number of anilines is 1. The van der Waals surface area contributed by atoms with Crippen molar-refractivity contribution < 1.29 is 14.5 Å². The second-order valence-electron chi connectivity index (χ2n) is 5.90. The molecule has 0 spiro atoms. The van der Waals surface area contributed by atoms with Gasteiger partial charge in [-0.05, 0) is 12.5 Å². The molecule has 1 aromatic heterocycles. The van der Waals surface area contributed by atoms with Crippen molar-refractivity contribution in [2.45, 2.75) is 19.3 Å². The number of nitrogens with zero attached hydrogens (tertiary/aromatic N) is 3. The first kappa shape index (κ1) is 16.7. The molecule has 130 valence electrons. The fraction of sp³-hybridized carbons (Fsp3) is 0.375. The summed E-state index contributed by atoms with van der Waals surface area (Å²) in [5, 5.41) is 17.4. The first-order chi connectivity index (χ1) is 12.0. The molecule has 1 fully saturated rings. The normalized spacial score (nSPS) is 14.2. The van der Waals surface area contributed by atoms with Crippen LogP contribution in [0.15, 0.2) is 24.5 Å². The van der Waals surface area contributed by atoms with E-state index in [-0.39, 0.29) is 23.3 Å². The fourth-order valence-corrected chi connectivity index (χ4v) is 2.63. The van der Waals surface area contributed by atoms with Gasteiger partial charge >= 0.3 is 0 Å². The minimum Gasteiger partial charge on any atom is -0.369 e. The molecule has 0 atom stereocenters. The Labute approximate surface area is 143 Å². The smallest absolute Gasteiger partial charge is 0.270 e. The molecule has 1 aliphatic carbocycles. The van der Waals surface area contributed by atoms with E-state index in [1.54, 1.807) is 6.07 Å². The zero-order chi connectivity index (χ0) is 17.8. The van der Waals surface area contributed by atoms with E-state index >= 15 is 0 Å². The van der Waals surface area contributed by atoms with Crippen molar-refractivity contribution in [1.82, 2.24) is 15.3 Å². The van der Waals surface area contributed by atoms with Crippen LogP contribution in [0.1, 0.15) is 19.3 Å². The molecule has 1 aliphatic rings. The summed E-state index contributed by atoms with van der Waals surface area (Å²) in [5.74, 6) is 0.394. The number of hydrogen-bond donors (Lipinski definition) is 2. The highest BCUT2D eigenvalue weighted by molar-refractivity contribution is 5.96. The number of aromatic nitrogens is 2. The van der Waals surface area contributed by atoms with Crippen molar-refractivity contribution in [3.8, 4) is 0 Å². The fourth-order valence-electron chi connectivity index (χ4n) is 2.63. The van der Waals surface area contributed by atoms with Gasteiger partial charge in [-0.2, -0.15) is 0 Å². The number of nitrogens with one attached hydrogen (secondary N) is 2. The molecular formula is C16H17N5O4. The minimum absolute atomic E-state index is 0.0207. The summed E-state index contributed by atoms with van der Waals surface area (Å²) in [6, 6.07) is 4.42. The van der Waals surface area contributed by atoms with E-state index in [9.17, 15) is 19.7 Å². The number of non-ortho nitro benzene ring substituents is 1. The zero-order valence-corrected chi connectivity index (χ0v) is 13.4. The molecule has 3 rings (SSSR count). The molecule has 1 amide bonds. The average molecular weight is 343 g/mol. The van der Waals surface area contributed by atoms with Crippen LogP contribution in [0.3, 0.4) is 0 Å². The van der Waals surface area contributed by atoms with E-state index in [0.29, 0.717) is 49.1 Å². The van der Waals surface area contributed by atoms with Gasteiger partial charge in [0.1, 0.15) is 17.9 Å². The Morgan fingerprint density at radius 2 is 2.08 bits per heavy atom. The van der Waals surface area contributed by atoms with E-state index in [1.165, 1.54) is 18.5 Å². The van der Waals surface area contributed by atoms with Gasteiger partial charge in [0.2, 0.25) is 5.91 Å². The van der Waals surface area contributed by atoms with Gasteiger partial charge < -0.3 is 10.6 Å². The van der Waals surface area contributed by atoms with Crippen molar-refractivity contribution in [3.63, 3.8) is 0 Å². The molecule has 0 radical (unpaired) electrons. The predicted molar refractivity (Wildman–Crippen MR) is 90.0 cm³/mol. The number of hydrogen-bond acceptors (Lipinski definition) is 7. The average Bonchev–Trinajstić information content (AvgIpc) is 2.58. The first-order valence-corrected chi connectivity index (χ1v) is 7.97. The minimum atomic E-state index is -0.461. The molecule has 2 aromatic rings. The molecule has 0 unspecified atom stereocenters. The SMILES string of the molecule is O=C1CC(C(=O)NCCCNc2ncnc3ccc([N+](=O)[O-])cc23)C1. The number of fused-ring (bicyclic) bond motifs is 1. The number of amides is 1. The number of carbonyl (C=O) groups is 2. The van der Waals surface area contributed by atoms with Crippen LogP contribution >= 0.6 is 0 Å². The lowest BCUT2D eigenvalue weighted by Crippen LogP contribution is -2.39. The second kappa shape index (κ2) is 7.20. The molecule has 2 N–H and O–H groups in total. The van der Waals surface area contributed by atoms with E-state index in [1.807, 2.05) is 0 Å². The van der Waals surface area contributed by atoms with Gasteiger partial charge in [-0.15, -0.1) is 0 Å². The monoisotopic (exact) mass is 343 g/mol. The van der Waals surface area contributed by atoms with Crippen molar-refractivity contribution in [2.24, 2.45) is 5.92 Å². The highest BCUT2D eigenvalue weighted by atomic mass is 16.6. The molecule has 0 saturated heterocycles. The first-order valence-electron chi connectivity index (χ1n) is 7.97. The van der Waals surface area contributed by atoms with Crippen molar-refractivity contribution in [1.29, 1.82) is 0 Å². The Bertz CT molecular complexity index is 830. The van der Waals surface area contributed by atoms with E-state index in [4.69, 9.17) is 0 Å². The van der Waals surface area contributed by atoms with E-state index < -0.39 is 4.92 Å². The molecule has 0 bridgehead atoms. The lowest BCUT2D eigenvalue weighted by Gasteiger charge is -2.22. The number of nitro groups is 1. The standard InChI is InChI=1S/C16H17N5O4/c22-12-6-10(7-12)16(23)18-5-1-4-17-15-13-8-11(21(24)25)2-3-14(13)19-9-20-15/h2-3,8-10H,1,4-7H2,(H,18,23)(H,17,19,20). The highest BCUT2D eigenvalue weighted by Crippen LogP contribution is 2.24. The summed E-state index contributed by atoms with van der Waals surface area (Å²) >= 11 is 0. The quantitative estimate of drug-likeness (QED) is 0.442. The van der Waals surface area contributed by atoms with Crippen molar-refractivity contribution in [3.05, 3.63) is 34.6 Å². The maximum absolute atomic E-state index is 11.7. The van der Waals surface area contributed by atoms with Gasteiger partial charge in [-0.3, -0.25) is 19.7 Å². The van der Waals surface area contributed by atoms with Gasteiger partial charge in [-0.1, -0.05) is 0 Å². The van der Waals surface area contributed by atoms with Gasteiger partial charge in [-0.25, -0.2) is 9.97 Å². The highest BCUT2D eigenvalue weighted by Gasteiger charge is 2.32. The molecular weight excluding hydrogens is 326 g/mol. The predicted octanol–water partition coefficient (Wildman–Crippen LogP) is 1.44. The van der Waals surface area contributed by atoms with Crippen LogP contribution in [0.2, 0.25) is 0 Å². The Hall–Kier alpha value is -3.10.